The molecule has 154 valence electrons. The minimum atomic E-state index is 0.494. The largest absolute Gasteiger partial charge is 0.496 e. The lowest BCUT2D eigenvalue weighted by Crippen LogP contribution is -2.38. The number of benzene rings is 1. The number of piperidine rings is 1. The first-order chi connectivity index (χ1) is 13.8. The predicted molar refractivity (Wildman–Crippen MR) is 117 cm³/mol. The molecule has 0 spiro atoms. The molecule has 1 aromatic carbocycles. The van der Waals surface area contributed by atoms with E-state index in [0.29, 0.717) is 6.61 Å². The summed E-state index contributed by atoms with van der Waals surface area (Å²) in [6.07, 6.45) is 10.6. The summed E-state index contributed by atoms with van der Waals surface area (Å²) >= 11 is 0. The highest BCUT2D eigenvalue weighted by Gasteiger charge is 2.19. The first-order valence-electron chi connectivity index (χ1n) is 10.2. The first-order valence-corrected chi connectivity index (χ1v) is 10.2. The molecule has 0 aliphatic carbocycles. The Hall–Kier alpha value is -1.95. The van der Waals surface area contributed by atoms with Gasteiger partial charge in [0.05, 0.1) is 13.7 Å². The van der Waals surface area contributed by atoms with Crippen LogP contribution in [0.1, 0.15) is 31.7 Å². The van der Waals surface area contributed by atoms with E-state index in [1.807, 2.05) is 25.1 Å². The van der Waals surface area contributed by atoms with E-state index >= 15 is 0 Å². The molecule has 1 heterocycles. The van der Waals surface area contributed by atoms with Crippen LogP contribution in [0.3, 0.4) is 0 Å². The molecule has 5 nitrogen and oxygen atoms in total. The fourth-order valence-corrected chi connectivity index (χ4v) is 3.64. The van der Waals surface area contributed by atoms with Gasteiger partial charge in [-0.15, -0.1) is 0 Å². The summed E-state index contributed by atoms with van der Waals surface area (Å²) in [5, 5.41) is 0. The number of aliphatic imine (C=N–C) groups is 1. The van der Waals surface area contributed by atoms with E-state index in [2.05, 4.69) is 40.3 Å². The average Bonchev–Trinajstić information content (AvgIpc) is 2.73. The summed E-state index contributed by atoms with van der Waals surface area (Å²) in [6.45, 7) is 10.1. The molecule has 2 rings (SSSR count). The van der Waals surface area contributed by atoms with Gasteiger partial charge in [-0.2, -0.15) is 0 Å². The van der Waals surface area contributed by atoms with E-state index in [9.17, 15) is 0 Å². The van der Waals surface area contributed by atoms with E-state index in [4.69, 9.17) is 9.57 Å². The van der Waals surface area contributed by atoms with Gasteiger partial charge in [-0.1, -0.05) is 30.4 Å². The zero-order chi connectivity index (χ0) is 20.0. The van der Waals surface area contributed by atoms with Gasteiger partial charge in [-0.3, -0.25) is 9.83 Å². The molecule has 1 saturated heterocycles. The minimum Gasteiger partial charge on any atom is -0.496 e. The SMILES string of the molecule is C=N/C=C(\C=C/C)CONCCN1CCC(CCc2ccccc2OC)CC1. The number of hydrogen-bond acceptors (Lipinski definition) is 5. The Labute approximate surface area is 170 Å². The number of hydrogen-bond donors (Lipinski definition) is 1. The maximum Gasteiger partial charge on any atom is 0.122 e. The van der Waals surface area contributed by atoms with Gasteiger partial charge in [0, 0.05) is 19.3 Å². The maximum atomic E-state index is 5.53. The van der Waals surface area contributed by atoms with Crippen molar-refractivity contribution in [3.8, 4) is 5.75 Å². The van der Waals surface area contributed by atoms with Crippen LogP contribution < -0.4 is 10.2 Å². The van der Waals surface area contributed by atoms with Crippen LogP contribution in [-0.4, -0.2) is 51.5 Å². The van der Waals surface area contributed by atoms with Gasteiger partial charge >= 0.3 is 0 Å². The van der Waals surface area contributed by atoms with E-state index in [1.54, 1.807) is 13.3 Å². The van der Waals surface area contributed by atoms with Crippen LogP contribution in [0, 0.1) is 5.92 Å². The van der Waals surface area contributed by atoms with Crippen molar-refractivity contribution in [3.05, 3.63) is 53.8 Å². The summed E-state index contributed by atoms with van der Waals surface area (Å²) in [6, 6.07) is 8.37. The van der Waals surface area contributed by atoms with E-state index in [0.717, 1.165) is 36.8 Å². The first kappa shape index (κ1) is 22.3. The van der Waals surface area contributed by atoms with Crippen LogP contribution >= 0.6 is 0 Å². The summed E-state index contributed by atoms with van der Waals surface area (Å²) in [4.78, 5) is 11.8. The molecule has 1 fully saturated rings. The lowest BCUT2D eigenvalue weighted by atomic mass is 9.90. The Kier molecular flexibility index (Phi) is 10.6. The fraction of sp³-hybridized carbons (Fsp3) is 0.522. The number of likely N-dealkylation sites (tertiary alicyclic amines) is 1. The number of nitrogens with one attached hydrogen (secondary N) is 1. The average molecular weight is 386 g/mol. The maximum absolute atomic E-state index is 5.53. The molecule has 5 heteroatoms. The van der Waals surface area contributed by atoms with Crippen molar-refractivity contribution in [3.63, 3.8) is 0 Å². The third kappa shape index (κ3) is 7.97. The Morgan fingerprint density at radius 1 is 1.32 bits per heavy atom. The highest BCUT2D eigenvalue weighted by Crippen LogP contribution is 2.25. The smallest absolute Gasteiger partial charge is 0.122 e. The van der Waals surface area contributed by atoms with Crippen LogP contribution in [0.15, 0.2) is 53.2 Å². The highest BCUT2D eigenvalue weighted by molar-refractivity contribution is 5.33. The standard InChI is InChI=1S/C23H35N3O2/c1-4-7-21(18-24-2)19-28-25-14-17-26-15-12-20(13-16-26)10-11-22-8-5-6-9-23(22)27-3/h4-9,18,20,25H,2,10-17,19H2,1,3H3/b7-4-,21-18+. The number of hydroxylamine groups is 1. The molecule has 0 unspecified atom stereocenters. The second kappa shape index (κ2) is 13.3. The van der Waals surface area contributed by atoms with E-state index in [-0.39, 0.29) is 0 Å². The molecule has 0 atom stereocenters. The molecule has 0 saturated carbocycles. The van der Waals surface area contributed by atoms with Gasteiger partial charge in [-0.25, -0.2) is 5.48 Å². The number of nitrogens with zero attached hydrogens (tertiary/aromatic N) is 2. The van der Waals surface area contributed by atoms with Gasteiger partial charge in [0.25, 0.3) is 0 Å². The molecular formula is C23H35N3O2. The number of aryl methyl sites for hydroxylation is 1. The van der Waals surface area contributed by atoms with Gasteiger partial charge < -0.3 is 9.64 Å². The van der Waals surface area contributed by atoms with Crippen molar-refractivity contribution in [2.45, 2.75) is 32.6 Å². The zero-order valence-electron chi connectivity index (χ0n) is 17.4. The van der Waals surface area contributed by atoms with Gasteiger partial charge in [0.15, 0.2) is 0 Å². The lowest BCUT2D eigenvalue weighted by molar-refractivity contribution is 0.0489. The van der Waals surface area contributed by atoms with Crippen LogP contribution in [0.25, 0.3) is 0 Å². The van der Waals surface area contributed by atoms with Crippen molar-refractivity contribution >= 4 is 6.72 Å². The predicted octanol–water partition coefficient (Wildman–Crippen LogP) is 4.02. The fourth-order valence-electron chi connectivity index (χ4n) is 3.64. The van der Waals surface area contributed by atoms with Crippen LogP contribution in [0.2, 0.25) is 0 Å². The lowest BCUT2D eigenvalue weighted by Gasteiger charge is -2.32. The molecule has 28 heavy (non-hydrogen) atoms. The van der Waals surface area contributed by atoms with Crippen molar-refractivity contribution in [1.82, 2.24) is 10.4 Å². The number of methoxy groups -OCH3 is 1. The molecule has 0 amide bonds. The van der Waals surface area contributed by atoms with Crippen molar-refractivity contribution < 1.29 is 9.57 Å². The summed E-state index contributed by atoms with van der Waals surface area (Å²) in [7, 11) is 1.75. The molecule has 1 aromatic rings. The molecule has 0 aromatic heterocycles. The number of para-hydroxylation sites is 1. The topological polar surface area (TPSA) is 46.1 Å². The Morgan fingerprint density at radius 3 is 2.82 bits per heavy atom. The second-order valence-corrected chi connectivity index (χ2v) is 7.21. The second-order valence-electron chi connectivity index (χ2n) is 7.21. The zero-order valence-corrected chi connectivity index (χ0v) is 17.4. The van der Waals surface area contributed by atoms with Crippen molar-refractivity contribution in [1.29, 1.82) is 0 Å². The molecule has 0 bridgehead atoms. The summed E-state index contributed by atoms with van der Waals surface area (Å²) < 4.78 is 5.47. The Bertz CT molecular complexity index is 634. The molecular weight excluding hydrogens is 350 g/mol. The van der Waals surface area contributed by atoms with Gasteiger partial charge in [0.1, 0.15) is 5.75 Å². The van der Waals surface area contributed by atoms with Crippen LogP contribution in [-0.2, 0) is 11.3 Å². The van der Waals surface area contributed by atoms with Crippen molar-refractivity contribution in [2.24, 2.45) is 10.9 Å². The summed E-state index contributed by atoms with van der Waals surface area (Å²) in [5.41, 5.74) is 5.38. The Morgan fingerprint density at radius 2 is 2.11 bits per heavy atom. The molecule has 1 N–H and O–H groups in total. The number of rotatable bonds is 12. The highest BCUT2D eigenvalue weighted by atomic mass is 16.6. The van der Waals surface area contributed by atoms with E-state index < -0.39 is 0 Å². The monoisotopic (exact) mass is 385 g/mol. The normalized spacial score (nSPS) is 16.6. The third-order valence-electron chi connectivity index (χ3n) is 5.23. The van der Waals surface area contributed by atoms with E-state index in [1.165, 1.54) is 37.9 Å². The number of ether oxygens (including phenoxy) is 1. The molecule has 0 radical (unpaired) electrons. The minimum absolute atomic E-state index is 0.494. The third-order valence-corrected chi connectivity index (χ3v) is 5.23. The van der Waals surface area contributed by atoms with Crippen LogP contribution in [0.5, 0.6) is 5.75 Å². The van der Waals surface area contributed by atoms with Gasteiger partial charge in [-0.05, 0) is 75.5 Å². The molecule has 1 aliphatic rings. The molecule has 1 aliphatic heterocycles. The number of allylic oxidation sites excluding steroid dienone is 1. The van der Waals surface area contributed by atoms with Crippen molar-refractivity contribution in [2.75, 3.05) is 39.9 Å². The van der Waals surface area contributed by atoms with Crippen LogP contribution in [0.4, 0.5) is 0 Å². The quantitative estimate of drug-likeness (QED) is 0.255. The van der Waals surface area contributed by atoms with Gasteiger partial charge in [0.2, 0.25) is 0 Å². The Balaban J connectivity index is 1.58. The summed E-state index contributed by atoms with van der Waals surface area (Å²) in [5.74, 6) is 1.83.